The Balaban J connectivity index is 1.73. The first-order valence-corrected chi connectivity index (χ1v) is 11.4. The third-order valence-electron chi connectivity index (χ3n) is 6.39. The predicted octanol–water partition coefficient (Wildman–Crippen LogP) is 6.16. The van der Waals surface area contributed by atoms with Crippen molar-refractivity contribution in [2.45, 2.75) is 44.4 Å². The average Bonchev–Trinajstić information content (AvgIpc) is 2.80. The Hall–Kier alpha value is -3.71. The number of nitrogens with zero attached hydrogens (tertiary/aromatic N) is 3. The Morgan fingerprint density at radius 1 is 1.12 bits per heavy atom. The Morgan fingerprint density at radius 2 is 1.88 bits per heavy atom. The molecule has 1 aliphatic carbocycles. The molecule has 4 rings (SSSR count). The highest BCUT2D eigenvalue weighted by atomic mass is 16.2. The van der Waals surface area contributed by atoms with Crippen molar-refractivity contribution in [1.82, 2.24) is 9.88 Å². The van der Waals surface area contributed by atoms with Gasteiger partial charge in [-0.1, -0.05) is 54.6 Å². The van der Waals surface area contributed by atoms with Crippen LogP contribution in [0, 0.1) is 11.3 Å². The standard InChI is InChI=1S/C29H29N3O/c1-29(2,20-30)24-13-11-22(12-14-24)25-18-28(33)32(3)19-26(25)27-17-23(15-16-31-27)21-9-7-5-4-6-8-10-21/h5,7-17,19,25H,4,6,18H2,1-3H3. The number of aromatic nitrogens is 1. The molecule has 4 heteroatoms. The fraction of sp³-hybridized carbons (Fsp3) is 0.276. The molecule has 0 saturated carbocycles. The quantitative estimate of drug-likeness (QED) is 0.578. The van der Waals surface area contributed by atoms with Gasteiger partial charge in [0.2, 0.25) is 5.91 Å². The molecule has 166 valence electrons. The van der Waals surface area contributed by atoms with Gasteiger partial charge in [-0.2, -0.15) is 5.26 Å². The number of amides is 1. The maximum absolute atomic E-state index is 12.6. The summed E-state index contributed by atoms with van der Waals surface area (Å²) in [4.78, 5) is 18.9. The normalized spacial score (nSPS) is 18.8. The molecule has 1 aromatic heterocycles. The molecule has 4 nitrogen and oxygen atoms in total. The molecule has 0 fully saturated rings. The van der Waals surface area contributed by atoms with Gasteiger partial charge in [-0.05, 0) is 61.1 Å². The first kappa shape index (κ1) is 22.5. The third kappa shape index (κ3) is 4.88. The van der Waals surface area contributed by atoms with E-state index >= 15 is 0 Å². The molecule has 2 heterocycles. The summed E-state index contributed by atoms with van der Waals surface area (Å²) >= 11 is 0. The van der Waals surface area contributed by atoms with Gasteiger partial charge in [0.15, 0.2) is 0 Å². The molecular weight excluding hydrogens is 406 g/mol. The number of carbonyl (C=O) groups excluding carboxylic acids is 1. The van der Waals surface area contributed by atoms with E-state index in [1.54, 1.807) is 11.9 Å². The lowest BCUT2D eigenvalue weighted by Crippen LogP contribution is -2.29. The lowest BCUT2D eigenvalue weighted by Gasteiger charge is -2.29. The molecule has 0 N–H and O–H groups in total. The number of rotatable bonds is 4. The van der Waals surface area contributed by atoms with Gasteiger partial charge in [0.1, 0.15) is 0 Å². The lowest BCUT2D eigenvalue weighted by molar-refractivity contribution is -0.128. The summed E-state index contributed by atoms with van der Waals surface area (Å²) in [7, 11) is 1.80. The van der Waals surface area contributed by atoms with Crippen LogP contribution in [0.5, 0.6) is 0 Å². The number of pyridine rings is 1. The van der Waals surface area contributed by atoms with Gasteiger partial charge in [0, 0.05) is 37.4 Å². The molecule has 2 aromatic rings. The number of allylic oxidation sites excluding steroid dienone is 7. The van der Waals surface area contributed by atoms with Gasteiger partial charge in [-0.25, -0.2) is 0 Å². The van der Waals surface area contributed by atoms with Crippen molar-refractivity contribution in [1.29, 1.82) is 5.26 Å². The first-order valence-electron chi connectivity index (χ1n) is 11.4. The minimum atomic E-state index is -0.553. The monoisotopic (exact) mass is 435 g/mol. The van der Waals surface area contributed by atoms with E-state index in [0.717, 1.165) is 46.4 Å². The minimum absolute atomic E-state index is 0.0807. The molecule has 1 unspecified atom stereocenters. The molecule has 33 heavy (non-hydrogen) atoms. The van der Waals surface area contributed by atoms with Crippen molar-refractivity contribution >= 4 is 17.1 Å². The number of benzene rings is 1. The maximum Gasteiger partial charge on any atom is 0.227 e. The fourth-order valence-corrected chi connectivity index (χ4v) is 4.22. The minimum Gasteiger partial charge on any atom is -0.322 e. The summed E-state index contributed by atoms with van der Waals surface area (Å²) in [5.74, 6) is -0.00502. The zero-order valence-corrected chi connectivity index (χ0v) is 19.5. The van der Waals surface area contributed by atoms with E-state index in [1.165, 1.54) is 0 Å². The van der Waals surface area contributed by atoms with Crippen LogP contribution in [0.4, 0.5) is 0 Å². The van der Waals surface area contributed by atoms with Crippen molar-refractivity contribution in [2.75, 3.05) is 7.05 Å². The average molecular weight is 436 g/mol. The van der Waals surface area contributed by atoms with Crippen molar-refractivity contribution in [2.24, 2.45) is 0 Å². The second-order valence-electron chi connectivity index (χ2n) is 9.16. The van der Waals surface area contributed by atoms with Gasteiger partial charge in [-0.15, -0.1) is 0 Å². The number of carbonyl (C=O) groups is 1. The summed E-state index contributed by atoms with van der Waals surface area (Å²) in [5, 5.41) is 9.46. The van der Waals surface area contributed by atoms with E-state index < -0.39 is 5.41 Å². The Bertz CT molecular complexity index is 1210. The highest BCUT2D eigenvalue weighted by Gasteiger charge is 2.29. The third-order valence-corrected chi connectivity index (χ3v) is 6.39. The molecule has 1 amide bonds. The second-order valence-corrected chi connectivity index (χ2v) is 9.16. The molecular formula is C29H29N3O. The van der Waals surface area contributed by atoms with Crippen LogP contribution in [-0.2, 0) is 10.2 Å². The van der Waals surface area contributed by atoms with Crippen LogP contribution < -0.4 is 0 Å². The van der Waals surface area contributed by atoms with E-state index in [9.17, 15) is 10.1 Å². The Labute approximate surface area is 196 Å². The molecule has 0 radical (unpaired) electrons. The zero-order chi connectivity index (χ0) is 23.4. The highest BCUT2D eigenvalue weighted by molar-refractivity contribution is 5.88. The van der Waals surface area contributed by atoms with Gasteiger partial charge in [-0.3, -0.25) is 9.78 Å². The molecule has 1 atom stereocenters. The smallest absolute Gasteiger partial charge is 0.227 e. The van der Waals surface area contributed by atoms with Gasteiger partial charge < -0.3 is 4.90 Å². The molecule has 0 spiro atoms. The van der Waals surface area contributed by atoms with E-state index in [2.05, 4.69) is 47.5 Å². The highest BCUT2D eigenvalue weighted by Crippen LogP contribution is 2.39. The topological polar surface area (TPSA) is 57.0 Å². The van der Waals surface area contributed by atoms with E-state index in [-0.39, 0.29) is 11.8 Å². The van der Waals surface area contributed by atoms with Crippen molar-refractivity contribution < 1.29 is 4.79 Å². The van der Waals surface area contributed by atoms with E-state index in [4.69, 9.17) is 0 Å². The van der Waals surface area contributed by atoms with Crippen LogP contribution >= 0.6 is 0 Å². The summed E-state index contributed by atoms with van der Waals surface area (Å²) in [6, 6.07) is 14.6. The summed E-state index contributed by atoms with van der Waals surface area (Å²) in [6.07, 6.45) is 17.0. The summed E-state index contributed by atoms with van der Waals surface area (Å²) < 4.78 is 0. The maximum atomic E-state index is 12.6. The van der Waals surface area contributed by atoms with E-state index in [0.29, 0.717) is 6.42 Å². The molecule has 0 saturated heterocycles. The SMILES string of the molecule is CN1C=C(c2cc(C3=CC=CCCC=C3)ccn2)C(c2ccc(C(C)(C)C#N)cc2)CC1=O. The van der Waals surface area contributed by atoms with Crippen molar-refractivity contribution in [3.63, 3.8) is 0 Å². The van der Waals surface area contributed by atoms with Crippen LogP contribution in [0.15, 0.2) is 79.2 Å². The Kier molecular flexibility index (Phi) is 6.42. The largest absolute Gasteiger partial charge is 0.322 e. The second kappa shape index (κ2) is 9.42. The van der Waals surface area contributed by atoms with Gasteiger partial charge in [0.05, 0.1) is 17.2 Å². The van der Waals surface area contributed by atoms with Crippen molar-refractivity contribution in [3.8, 4) is 6.07 Å². The molecule has 1 aliphatic heterocycles. The molecule has 1 aromatic carbocycles. The first-order chi connectivity index (χ1) is 15.9. The van der Waals surface area contributed by atoms with Crippen LogP contribution in [-0.4, -0.2) is 22.8 Å². The van der Waals surface area contributed by atoms with Gasteiger partial charge in [0.25, 0.3) is 0 Å². The van der Waals surface area contributed by atoms with E-state index in [1.807, 2.05) is 56.6 Å². The number of hydrogen-bond donors (Lipinski definition) is 0. The fourth-order valence-electron chi connectivity index (χ4n) is 4.22. The Morgan fingerprint density at radius 3 is 2.64 bits per heavy atom. The van der Waals surface area contributed by atoms with Crippen LogP contribution in [0.25, 0.3) is 11.1 Å². The zero-order valence-electron chi connectivity index (χ0n) is 19.5. The van der Waals surface area contributed by atoms with Crippen LogP contribution in [0.2, 0.25) is 0 Å². The number of nitriles is 1. The van der Waals surface area contributed by atoms with Gasteiger partial charge >= 0.3 is 0 Å². The van der Waals surface area contributed by atoms with Crippen LogP contribution in [0.3, 0.4) is 0 Å². The summed E-state index contributed by atoms with van der Waals surface area (Å²) in [6.45, 7) is 3.82. The molecule has 0 bridgehead atoms. The van der Waals surface area contributed by atoms with Crippen LogP contribution in [0.1, 0.15) is 61.4 Å². The van der Waals surface area contributed by atoms with Crippen molar-refractivity contribution in [3.05, 3.63) is 102 Å². The summed E-state index contributed by atoms with van der Waals surface area (Å²) in [5.41, 5.74) is 5.62. The predicted molar refractivity (Wildman–Crippen MR) is 133 cm³/mol. The number of hydrogen-bond acceptors (Lipinski definition) is 3. The lowest BCUT2D eigenvalue weighted by atomic mass is 9.81. The molecule has 2 aliphatic rings.